The second kappa shape index (κ2) is 7.69. The third-order valence-electron chi connectivity index (χ3n) is 2.98. The van der Waals surface area contributed by atoms with Gasteiger partial charge in [0.05, 0.1) is 5.69 Å². The maximum Gasteiger partial charge on any atom is 0.319 e. The highest BCUT2D eigenvalue weighted by atomic mass is 19.1. The predicted octanol–water partition coefficient (Wildman–Crippen LogP) is 2.17. The fourth-order valence-electron chi connectivity index (χ4n) is 1.61. The lowest BCUT2D eigenvalue weighted by Gasteiger charge is -2.24. The smallest absolute Gasteiger partial charge is 0.319 e. The van der Waals surface area contributed by atoms with Gasteiger partial charge in [-0.3, -0.25) is 0 Å². The minimum absolute atomic E-state index is 0.0190. The predicted molar refractivity (Wildman–Crippen MR) is 78.7 cm³/mol. The van der Waals surface area contributed by atoms with Crippen molar-refractivity contribution in [3.63, 3.8) is 0 Å². The first-order chi connectivity index (χ1) is 9.45. The first-order valence-electron chi connectivity index (χ1n) is 6.63. The van der Waals surface area contributed by atoms with E-state index in [4.69, 9.17) is 5.11 Å². The van der Waals surface area contributed by atoms with Gasteiger partial charge < -0.3 is 20.6 Å². The first-order valence-corrected chi connectivity index (χ1v) is 6.63. The second-order valence-electron chi connectivity index (χ2n) is 4.83. The van der Waals surface area contributed by atoms with E-state index in [2.05, 4.69) is 10.6 Å². The van der Waals surface area contributed by atoms with Gasteiger partial charge in [0.15, 0.2) is 0 Å². The van der Waals surface area contributed by atoms with Gasteiger partial charge in [-0.05, 0) is 38.5 Å². The number of urea groups is 1. The van der Waals surface area contributed by atoms with Crippen molar-refractivity contribution >= 4 is 17.4 Å². The topological polar surface area (TPSA) is 64.6 Å². The lowest BCUT2D eigenvalue weighted by Crippen LogP contribution is -2.30. The Labute approximate surface area is 118 Å². The number of hydrogen-bond donors (Lipinski definition) is 3. The van der Waals surface area contributed by atoms with Crippen LogP contribution in [0.4, 0.5) is 20.6 Å². The lowest BCUT2D eigenvalue weighted by atomic mass is 10.2. The van der Waals surface area contributed by atoms with Gasteiger partial charge in [0.25, 0.3) is 0 Å². The molecule has 0 aliphatic heterocycles. The highest BCUT2D eigenvalue weighted by molar-refractivity contribution is 5.89. The van der Waals surface area contributed by atoms with E-state index in [1.807, 2.05) is 25.8 Å². The molecule has 0 aliphatic carbocycles. The Kier molecular flexibility index (Phi) is 6.24. The van der Waals surface area contributed by atoms with Crippen LogP contribution in [-0.2, 0) is 0 Å². The van der Waals surface area contributed by atoms with Crippen LogP contribution in [0.2, 0.25) is 0 Å². The fourth-order valence-corrected chi connectivity index (χ4v) is 1.61. The monoisotopic (exact) mass is 283 g/mol. The Morgan fingerprint density at radius 3 is 2.70 bits per heavy atom. The average Bonchev–Trinajstić information content (AvgIpc) is 2.38. The number of halogens is 1. The van der Waals surface area contributed by atoms with E-state index in [-0.39, 0.29) is 18.5 Å². The highest BCUT2D eigenvalue weighted by Gasteiger charge is 2.11. The molecule has 5 nitrogen and oxygen atoms in total. The van der Waals surface area contributed by atoms with Crippen molar-refractivity contribution in [2.75, 3.05) is 30.4 Å². The molecule has 3 N–H and O–H groups in total. The highest BCUT2D eigenvalue weighted by Crippen LogP contribution is 2.23. The largest absolute Gasteiger partial charge is 0.396 e. The summed E-state index contributed by atoms with van der Waals surface area (Å²) >= 11 is 0. The third kappa shape index (κ3) is 4.70. The van der Waals surface area contributed by atoms with Crippen LogP contribution in [0.5, 0.6) is 0 Å². The van der Waals surface area contributed by atoms with Crippen LogP contribution in [-0.4, -0.2) is 37.4 Å². The van der Waals surface area contributed by atoms with Gasteiger partial charge in [0.1, 0.15) is 5.82 Å². The van der Waals surface area contributed by atoms with Crippen molar-refractivity contribution in [2.24, 2.45) is 0 Å². The summed E-state index contributed by atoms with van der Waals surface area (Å²) in [5.74, 6) is -0.380. The zero-order chi connectivity index (χ0) is 15.1. The van der Waals surface area contributed by atoms with Gasteiger partial charge in [-0.25, -0.2) is 9.18 Å². The Morgan fingerprint density at radius 2 is 2.15 bits per heavy atom. The van der Waals surface area contributed by atoms with Crippen LogP contribution in [0, 0.1) is 5.82 Å². The number of carbonyl (C=O) groups is 1. The van der Waals surface area contributed by atoms with E-state index in [1.54, 1.807) is 12.1 Å². The fraction of sp³-hybridized carbons (Fsp3) is 0.500. The molecule has 0 atom stereocenters. The molecule has 0 fully saturated rings. The molecule has 2 amide bonds. The Balaban J connectivity index is 2.65. The van der Waals surface area contributed by atoms with Gasteiger partial charge in [-0.1, -0.05) is 0 Å². The number of rotatable bonds is 6. The molecule has 1 rings (SSSR count). The number of hydrogen-bond acceptors (Lipinski definition) is 3. The molecule has 0 heterocycles. The van der Waals surface area contributed by atoms with Gasteiger partial charge in [-0.2, -0.15) is 0 Å². The SMILES string of the molecule is CC(C)N(C)c1ccc(NC(=O)NCCCO)cc1F. The van der Waals surface area contributed by atoms with E-state index >= 15 is 0 Å². The van der Waals surface area contributed by atoms with Crippen molar-refractivity contribution in [3.8, 4) is 0 Å². The number of aliphatic hydroxyl groups excluding tert-OH is 1. The molecular formula is C14H22FN3O2. The molecule has 6 heteroatoms. The summed E-state index contributed by atoms with van der Waals surface area (Å²) in [6.45, 7) is 4.34. The minimum atomic E-state index is -0.414. The molecule has 0 saturated carbocycles. The molecule has 0 bridgehead atoms. The molecule has 0 aliphatic rings. The Bertz CT molecular complexity index is 452. The molecule has 1 aromatic rings. The average molecular weight is 283 g/mol. The van der Waals surface area contributed by atoms with Crippen molar-refractivity contribution in [1.82, 2.24) is 5.32 Å². The number of carbonyl (C=O) groups excluding carboxylic acids is 1. The molecule has 1 aromatic carbocycles. The normalized spacial score (nSPS) is 10.5. The molecule has 0 unspecified atom stereocenters. The van der Waals surface area contributed by atoms with Gasteiger partial charge in [0.2, 0.25) is 0 Å². The number of amides is 2. The summed E-state index contributed by atoms with van der Waals surface area (Å²) in [5, 5.41) is 13.7. The Morgan fingerprint density at radius 1 is 1.45 bits per heavy atom. The van der Waals surface area contributed by atoms with Crippen molar-refractivity contribution < 1.29 is 14.3 Å². The summed E-state index contributed by atoms with van der Waals surface area (Å²) < 4.78 is 14.0. The van der Waals surface area contributed by atoms with Crippen molar-refractivity contribution in [1.29, 1.82) is 0 Å². The van der Waals surface area contributed by atoms with Crippen LogP contribution in [0.3, 0.4) is 0 Å². The van der Waals surface area contributed by atoms with Gasteiger partial charge in [0, 0.05) is 31.9 Å². The molecule has 0 saturated heterocycles. The number of aliphatic hydroxyl groups is 1. The zero-order valence-electron chi connectivity index (χ0n) is 12.1. The van der Waals surface area contributed by atoms with Crippen LogP contribution in [0.15, 0.2) is 18.2 Å². The molecule has 0 radical (unpaired) electrons. The molecule has 0 aromatic heterocycles. The molecule has 112 valence electrons. The van der Waals surface area contributed by atoms with Crippen LogP contribution >= 0.6 is 0 Å². The summed E-state index contributed by atoms with van der Waals surface area (Å²) in [6.07, 6.45) is 0.486. The van der Waals surface area contributed by atoms with Gasteiger partial charge in [-0.15, -0.1) is 0 Å². The molecule has 20 heavy (non-hydrogen) atoms. The third-order valence-corrected chi connectivity index (χ3v) is 2.98. The molecule has 0 spiro atoms. The lowest BCUT2D eigenvalue weighted by molar-refractivity contribution is 0.249. The van der Waals surface area contributed by atoms with E-state index < -0.39 is 6.03 Å². The number of benzene rings is 1. The standard InChI is InChI=1S/C14H22FN3O2/c1-10(2)18(3)13-6-5-11(9-12(13)15)17-14(20)16-7-4-8-19/h5-6,9-10,19H,4,7-8H2,1-3H3,(H2,16,17,20). The first kappa shape index (κ1) is 16.2. The summed E-state index contributed by atoms with van der Waals surface area (Å²) in [7, 11) is 1.82. The summed E-state index contributed by atoms with van der Waals surface area (Å²) in [6, 6.07) is 4.36. The summed E-state index contributed by atoms with van der Waals surface area (Å²) in [4.78, 5) is 13.3. The van der Waals surface area contributed by atoms with Crippen molar-refractivity contribution in [3.05, 3.63) is 24.0 Å². The number of anilines is 2. The van der Waals surface area contributed by atoms with Crippen LogP contribution in [0.1, 0.15) is 20.3 Å². The maximum atomic E-state index is 14.0. The number of nitrogens with one attached hydrogen (secondary N) is 2. The Hall–Kier alpha value is -1.82. The van der Waals surface area contributed by atoms with Crippen LogP contribution < -0.4 is 15.5 Å². The van der Waals surface area contributed by atoms with Crippen LogP contribution in [0.25, 0.3) is 0 Å². The minimum Gasteiger partial charge on any atom is -0.396 e. The van der Waals surface area contributed by atoms with E-state index in [0.717, 1.165) is 0 Å². The zero-order valence-corrected chi connectivity index (χ0v) is 12.1. The van der Waals surface area contributed by atoms with Crippen molar-refractivity contribution in [2.45, 2.75) is 26.3 Å². The van der Waals surface area contributed by atoms with E-state index in [9.17, 15) is 9.18 Å². The van der Waals surface area contributed by atoms with E-state index in [1.165, 1.54) is 6.07 Å². The summed E-state index contributed by atoms with van der Waals surface area (Å²) in [5.41, 5.74) is 0.885. The number of nitrogens with zero attached hydrogens (tertiary/aromatic N) is 1. The quantitative estimate of drug-likeness (QED) is 0.701. The van der Waals surface area contributed by atoms with E-state index in [0.29, 0.717) is 24.3 Å². The van der Waals surface area contributed by atoms with Gasteiger partial charge >= 0.3 is 6.03 Å². The second-order valence-corrected chi connectivity index (χ2v) is 4.83. The molecular weight excluding hydrogens is 261 g/mol. The maximum absolute atomic E-state index is 14.0.